The molecule has 0 N–H and O–H groups in total. The zero-order chi connectivity index (χ0) is 11.8. The van der Waals surface area contributed by atoms with Gasteiger partial charge >= 0.3 is 0 Å². The van der Waals surface area contributed by atoms with Gasteiger partial charge in [-0.3, -0.25) is 4.98 Å². The highest BCUT2D eigenvalue weighted by molar-refractivity contribution is 5.70. The summed E-state index contributed by atoms with van der Waals surface area (Å²) in [5, 5.41) is 0. The number of hydrogen-bond acceptors (Lipinski definition) is 1. The summed E-state index contributed by atoms with van der Waals surface area (Å²) >= 11 is 0. The average Bonchev–Trinajstić information content (AvgIpc) is 2.38. The van der Waals surface area contributed by atoms with Crippen LogP contribution < -0.4 is 0 Å². The van der Waals surface area contributed by atoms with Crippen LogP contribution in [-0.4, -0.2) is 4.98 Å². The number of aromatic nitrogens is 1. The second-order valence-corrected chi connectivity index (χ2v) is 5.34. The van der Waals surface area contributed by atoms with Crippen molar-refractivity contribution in [1.29, 1.82) is 0 Å². The molecule has 1 aliphatic carbocycles. The standard InChI is InChI=1S/C15H19N/c1-11(2)14-13-6-9-15(3,4)8-5-12(13)7-10-16-14/h5-11H,1-4H3. The van der Waals surface area contributed by atoms with Gasteiger partial charge in [0.1, 0.15) is 0 Å². The van der Waals surface area contributed by atoms with Gasteiger partial charge in [0.05, 0.1) is 5.69 Å². The van der Waals surface area contributed by atoms with Crippen molar-refractivity contribution in [2.45, 2.75) is 33.6 Å². The zero-order valence-electron chi connectivity index (χ0n) is 10.5. The highest BCUT2D eigenvalue weighted by Gasteiger charge is 2.15. The van der Waals surface area contributed by atoms with Crippen molar-refractivity contribution in [2.24, 2.45) is 5.41 Å². The third-order valence-corrected chi connectivity index (χ3v) is 2.97. The minimum atomic E-state index is 0.132. The highest BCUT2D eigenvalue weighted by Crippen LogP contribution is 2.30. The Hall–Kier alpha value is -1.37. The summed E-state index contributed by atoms with van der Waals surface area (Å²) in [6, 6.07) is 2.09. The highest BCUT2D eigenvalue weighted by atomic mass is 14.7. The molecule has 0 aliphatic heterocycles. The third kappa shape index (κ3) is 2.08. The van der Waals surface area contributed by atoms with Gasteiger partial charge in [0.2, 0.25) is 0 Å². The van der Waals surface area contributed by atoms with Crippen LogP contribution in [0.25, 0.3) is 12.2 Å². The van der Waals surface area contributed by atoms with E-state index in [1.165, 1.54) is 16.8 Å². The number of fused-ring (bicyclic) bond motifs is 1. The van der Waals surface area contributed by atoms with Crippen LogP contribution in [0.2, 0.25) is 0 Å². The van der Waals surface area contributed by atoms with Crippen LogP contribution in [0.15, 0.2) is 24.4 Å². The van der Waals surface area contributed by atoms with E-state index in [1.807, 2.05) is 6.20 Å². The molecule has 1 aromatic rings. The van der Waals surface area contributed by atoms with Crippen molar-refractivity contribution in [3.05, 3.63) is 41.2 Å². The van der Waals surface area contributed by atoms with E-state index in [0.717, 1.165) is 0 Å². The lowest BCUT2D eigenvalue weighted by atomic mass is 9.93. The van der Waals surface area contributed by atoms with E-state index in [0.29, 0.717) is 5.92 Å². The molecule has 1 aliphatic rings. The molecule has 0 saturated heterocycles. The average molecular weight is 213 g/mol. The van der Waals surface area contributed by atoms with Gasteiger partial charge in [-0.05, 0) is 17.5 Å². The Labute approximate surface area is 97.9 Å². The number of pyridine rings is 1. The second-order valence-electron chi connectivity index (χ2n) is 5.34. The quantitative estimate of drug-likeness (QED) is 0.678. The van der Waals surface area contributed by atoms with E-state index in [-0.39, 0.29) is 5.41 Å². The van der Waals surface area contributed by atoms with Crippen LogP contribution in [0.1, 0.15) is 50.4 Å². The summed E-state index contributed by atoms with van der Waals surface area (Å²) < 4.78 is 0. The summed E-state index contributed by atoms with van der Waals surface area (Å²) in [4.78, 5) is 4.50. The molecule has 1 heterocycles. The Kier molecular flexibility index (Phi) is 2.71. The van der Waals surface area contributed by atoms with Gasteiger partial charge in [-0.15, -0.1) is 0 Å². The summed E-state index contributed by atoms with van der Waals surface area (Å²) in [5.74, 6) is 0.467. The number of allylic oxidation sites excluding steroid dienone is 2. The predicted octanol–water partition coefficient (Wildman–Crippen LogP) is 4.27. The van der Waals surface area contributed by atoms with Crippen LogP contribution in [0.4, 0.5) is 0 Å². The van der Waals surface area contributed by atoms with Crippen molar-refractivity contribution >= 4 is 12.2 Å². The minimum absolute atomic E-state index is 0.132. The van der Waals surface area contributed by atoms with Gasteiger partial charge in [-0.1, -0.05) is 52.0 Å². The van der Waals surface area contributed by atoms with E-state index >= 15 is 0 Å². The van der Waals surface area contributed by atoms with Crippen molar-refractivity contribution in [2.75, 3.05) is 0 Å². The molecule has 0 fully saturated rings. The Balaban J connectivity index is 2.59. The summed E-state index contributed by atoms with van der Waals surface area (Å²) in [7, 11) is 0. The Bertz CT molecular complexity index is 451. The first-order valence-electron chi connectivity index (χ1n) is 5.87. The van der Waals surface area contributed by atoms with Gasteiger partial charge in [0.15, 0.2) is 0 Å². The van der Waals surface area contributed by atoms with Crippen molar-refractivity contribution in [3.63, 3.8) is 0 Å². The zero-order valence-corrected chi connectivity index (χ0v) is 10.5. The van der Waals surface area contributed by atoms with Gasteiger partial charge in [0.25, 0.3) is 0 Å². The fourth-order valence-corrected chi connectivity index (χ4v) is 1.95. The molecule has 1 heteroatoms. The van der Waals surface area contributed by atoms with E-state index in [2.05, 4.69) is 63.0 Å². The first-order valence-corrected chi connectivity index (χ1v) is 5.87. The fraction of sp³-hybridized carbons (Fsp3) is 0.400. The summed E-state index contributed by atoms with van der Waals surface area (Å²) in [5.41, 5.74) is 3.88. The lowest BCUT2D eigenvalue weighted by Gasteiger charge is -2.12. The fourth-order valence-electron chi connectivity index (χ4n) is 1.95. The third-order valence-electron chi connectivity index (χ3n) is 2.97. The first kappa shape index (κ1) is 11.1. The molecule has 16 heavy (non-hydrogen) atoms. The number of rotatable bonds is 1. The first-order chi connectivity index (χ1) is 7.49. The molecule has 0 unspecified atom stereocenters. The van der Waals surface area contributed by atoms with Gasteiger partial charge in [-0.2, -0.15) is 0 Å². The topological polar surface area (TPSA) is 12.9 Å². The van der Waals surface area contributed by atoms with Crippen molar-refractivity contribution < 1.29 is 0 Å². The van der Waals surface area contributed by atoms with E-state index in [9.17, 15) is 0 Å². The molecule has 0 spiro atoms. The molecule has 0 aromatic carbocycles. The summed E-state index contributed by atoms with van der Waals surface area (Å²) in [6.07, 6.45) is 10.8. The minimum Gasteiger partial charge on any atom is -0.260 e. The molecule has 0 saturated carbocycles. The smallest absolute Gasteiger partial charge is 0.0507 e. The maximum Gasteiger partial charge on any atom is 0.0507 e. The van der Waals surface area contributed by atoms with Crippen molar-refractivity contribution in [1.82, 2.24) is 4.98 Å². The van der Waals surface area contributed by atoms with E-state index in [4.69, 9.17) is 0 Å². The van der Waals surface area contributed by atoms with Crippen LogP contribution in [0.5, 0.6) is 0 Å². The molecule has 2 rings (SSSR count). The molecule has 84 valence electrons. The normalized spacial score (nSPS) is 17.3. The van der Waals surface area contributed by atoms with Crippen LogP contribution >= 0.6 is 0 Å². The molecular formula is C15H19N. The monoisotopic (exact) mass is 213 g/mol. The van der Waals surface area contributed by atoms with E-state index in [1.54, 1.807) is 0 Å². The molecule has 1 aromatic heterocycles. The van der Waals surface area contributed by atoms with Crippen LogP contribution in [0, 0.1) is 5.41 Å². The molecule has 0 radical (unpaired) electrons. The maximum absolute atomic E-state index is 4.50. The Morgan fingerprint density at radius 2 is 1.81 bits per heavy atom. The number of nitrogens with zero attached hydrogens (tertiary/aromatic N) is 1. The van der Waals surface area contributed by atoms with E-state index < -0.39 is 0 Å². The van der Waals surface area contributed by atoms with Crippen LogP contribution in [-0.2, 0) is 0 Å². The molecule has 0 amide bonds. The summed E-state index contributed by atoms with van der Waals surface area (Å²) in [6.45, 7) is 8.81. The molecule has 1 nitrogen and oxygen atoms in total. The predicted molar refractivity (Wildman–Crippen MR) is 70.2 cm³/mol. The second kappa shape index (κ2) is 3.89. The SMILES string of the molecule is CC(C)c1nccc2c1C=CC(C)(C)C=C2. The van der Waals surface area contributed by atoms with Crippen LogP contribution in [0.3, 0.4) is 0 Å². The van der Waals surface area contributed by atoms with Gasteiger partial charge < -0.3 is 0 Å². The van der Waals surface area contributed by atoms with Gasteiger partial charge in [-0.25, -0.2) is 0 Å². The van der Waals surface area contributed by atoms with Gasteiger partial charge in [0, 0.05) is 17.2 Å². The van der Waals surface area contributed by atoms with Crippen molar-refractivity contribution in [3.8, 4) is 0 Å². The maximum atomic E-state index is 4.50. The largest absolute Gasteiger partial charge is 0.260 e. The number of hydrogen-bond donors (Lipinski definition) is 0. The molecule has 0 bridgehead atoms. The lowest BCUT2D eigenvalue weighted by molar-refractivity contribution is 0.633. The Morgan fingerprint density at radius 3 is 2.50 bits per heavy atom. The lowest BCUT2D eigenvalue weighted by Crippen LogP contribution is -2.00. The Morgan fingerprint density at radius 1 is 1.12 bits per heavy atom. The molecule has 0 atom stereocenters. The molecular weight excluding hydrogens is 194 g/mol.